The van der Waals surface area contributed by atoms with E-state index in [0.29, 0.717) is 27.1 Å². The molecular formula is C20H19Cl2N5O3. The van der Waals surface area contributed by atoms with Gasteiger partial charge < -0.3 is 16.2 Å². The van der Waals surface area contributed by atoms with Crippen LogP contribution in [-0.2, 0) is 14.4 Å². The summed E-state index contributed by atoms with van der Waals surface area (Å²) in [5.41, 5.74) is 12.4. The monoisotopic (exact) mass is 447 g/mol. The van der Waals surface area contributed by atoms with E-state index in [2.05, 4.69) is 27.0 Å². The lowest BCUT2D eigenvalue weighted by molar-refractivity contribution is -0.124. The van der Waals surface area contributed by atoms with Crippen molar-refractivity contribution in [3.63, 3.8) is 0 Å². The predicted molar refractivity (Wildman–Crippen MR) is 116 cm³/mol. The zero-order valence-corrected chi connectivity index (χ0v) is 17.4. The molecule has 8 nitrogen and oxygen atoms in total. The number of benzene rings is 2. The number of allylic oxidation sites excluding steroid dienone is 1. The van der Waals surface area contributed by atoms with Crippen molar-refractivity contribution in [3.05, 3.63) is 69.8 Å². The highest BCUT2D eigenvalue weighted by Gasteiger charge is 2.38. The Morgan fingerprint density at radius 2 is 1.70 bits per heavy atom. The van der Waals surface area contributed by atoms with Crippen molar-refractivity contribution in [2.45, 2.75) is 19.4 Å². The van der Waals surface area contributed by atoms with Crippen LogP contribution in [0.5, 0.6) is 0 Å². The minimum absolute atomic E-state index is 0.0340. The molecule has 1 unspecified atom stereocenters. The van der Waals surface area contributed by atoms with E-state index >= 15 is 0 Å². The van der Waals surface area contributed by atoms with Gasteiger partial charge in [0.25, 0.3) is 5.91 Å². The van der Waals surface area contributed by atoms with Crippen LogP contribution in [0.4, 0.5) is 11.4 Å². The second-order valence-corrected chi connectivity index (χ2v) is 7.35. The van der Waals surface area contributed by atoms with Crippen molar-refractivity contribution in [3.8, 4) is 0 Å². The van der Waals surface area contributed by atoms with E-state index in [0.717, 1.165) is 0 Å². The third-order valence-electron chi connectivity index (χ3n) is 4.31. The second kappa shape index (κ2) is 9.51. The molecule has 1 atom stereocenters. The average Bonchev–Trinajstić information content (AvgIpc) is 2.99. The summed E-state index contributed by atoms with van der Waals surface area (Å²) in [6.07, 6.45) is -0.219. The van der Waals surface area contributed by atoms with Crippen LogP contribution in [0.2, 0.25) is 10.0 Å². The molecule has 1 fully saturated rings. The van der Waals surface area contributed by atoms with Gasteiger partial charge in [0.05, 0.1) is 22.8 Å². The molecule has 0 bridgehead atoms. The summed E-state index contributed by atoms with van der Waals surface area (Å²) in [6, 6.07) is 12.8. The number of hydrogen-bond donors (Lipinski definition) is 5. The highest BCUT2D eigenvalue weighted by atomic mass is 35.5. The van der Waals surface area contributed by atoms with Crippen LogP contribution in [0.15, 0.2) is 59.8 Å². The standard InChI is InChI=1S/C20H19Cl2N5O3/c1-11(24-25-13-8-6-12(21)7-9-13)18-19(29)16(23-20(18)30)10-17(28)27-26-15-5-3-2-4-14(15)22/h2-9,16,24-26H,10H2,1H3,(H,23,30)(H,27,28). The molecule has 2 aromatic carbocycles. The van der Waals surface area contributed by atoms with Gasteiger partial charge in [-0.1, -0.05) is 35.3 Å². The zero-order valence-electron chi connectivity index (χ0n) is 15.9. The number of halogens is 2. The molecule has 3 rings (SSSR count). The van der Waals surface area contributed by atoms with E-state index < -0.39 is 23.6 Å². The molecule has 30 heavy (non-hydrogen) atoms. The van der Waals surface area contributed by atoms with Gasteiger partial charge in [0.15, 0.2) is 5.78 Å². The fourth-order valence-corrected chi connectivity index (χ4v) is 3.09. The first-order chi connectivity index (χ1) is 14.3. The molecule has 2 amide bonds. The number of anilines is 2. The first-order valence-electron chi connectivity index (χ1n) is 8.98. The Bertz CT molecular complexity index is 1010. The molecule has 156 valence electrons. The summed E-state index contributed by atoms with van der Waals surface area (Å²) in [5.74, 6) is -1.48. The summed E-state index contributed by atoms with van der Waals surface area (Å²) >= 11 is 11.8. The number of Topliss-reactive ketones (excluding diaryl/α,β-unsaturated/α-hetero) is 1. The third kappa shape index (κ3) is 5.22. The first-order valence-corrected chi connectivity index (χ1v) is 9.73. The normalized spacial score (nSPS) is 17.2. The van der Waals surface area contributed by atoms with Gasteiger partial charge in [0.2, 0.25) is 5.91 Å². The first kappa shape index (κ1) is 21.5. The maximum Gasteiger partial charge on any atom is 0.257 e. The smallest absolute Gasteiger partial charge is 0.257 e. The van der Waals surface area contributed by atoms with E-state index in [-0.39, 0.29) is 12.0 Å². The predicted octanol–water partition coefficient (Wildman–Crippen LogP) is 2.78. The van der Waals surface area contributed by atoms with Gasteiger partial charge in [0.1, 0.15) is 11.6 Å². The largest absolute Gasteiger partial charge is 0.341 e. The fraction of sp³-hybridized carbons (Fsp3) is 0.150. The number of nitrogens with one attached hydrogen (secondary N) is 5. The minimum Gasteiger partial charge on any atom is -0.341 e. The SMILES string of the molecule is CC(NNc1ccc(Cl)cc1)=C1C(=O)NC(CC(=O)NNc2ccccc2Cl)C1=O. The lowest BCUT2D eigenvalue weighted by Gasteiger charge is -2.12. The van der Waals surface area contributed by atoms with Crippen molar-refractivity contribution in [1.82, 2.24) is 16.2 Å². The summed E-state index contributed by atoms with van der Waals surface area (Å²) < 4.78 is 0. The topological polar surface area (TPSA) is 111 Å². The second-order valence-electron chi connectivity index (χ2n) is 6.50. The highest BCUT2D eigenvalue weighted by Crippen LogP contribution is 2.20. The number of carbonyl (C=O) groups excluding carboxylic acids is 3. The van der Waals surface area contributed by atoms with E-state index in [1.165, 1.54) is 0 Å². The number of hydrazine groups is 2. The van der Waals surface area contributed by atoms with E-state index in [4.69, 9.17) is 23.2 Å². The highest BCUT2D eigenvalue weighted by molar-refractivity contribution is 6.33. The quantitative estimate of drug-likeness (QED) is 0.253. The summed E-state index contributed by atoms with van der Waals surface area (Å²) in [5, 5.41) is 3.56. The van der Waals surface area contributed by atoms with Gasteiger partial charge in [-0.05, 0) is 43.3 Å². The van der Waals surface area contributed by atoms with Crippen molar-refractivity contribution in [2.24, 2.45) is 0 Å². The Morgan fingerprint density at radius 1 is 1.00 bits per heavy atom. The van der Waals surface area contributed by atoms with Gasteiger partial charge in [-0.2, -0.15) is 0 Å². The average molecular weight is 448 g/mol. The molecule has 0 aliphatic carbocycles. The van der Waals surface area contributed by atoms with Crippen LogP contribution < -0.4 is 27.0 Å². The molecule has 2 aromatic rings. The van der Waals surface area contributed by atoms with Crippen molar-refractivity contribution >= 4 is 52.2 Å². The number of hydrogen-bond acceptors (Lipinski definition) is 6. The minimum atomic E-state index is -0.951. The maximum absolute atomic E-state index is 12.6. The molecule has 5 N–H and O–H groups in total. The molecule has 1 aliphatic rings. The molecule has 0 aromatic heterocycles. The molecule has 0 radical (unpaired) electrons. The number of amides is 2. The summed E-state index contributed by atoms with van der Waals surface area (Å²) in [6.45, 7) is 1.59. The van der Waals surface area contributed by atoms with Crippen molar-refractivity contribution in [1.29, 1.82) is 0 Å². The van der Waals surface area contributed by atoms with E-state index in [9.17, 15) is 14.4 Å². The lowest BCUT2D eigenvalue weighted by atomic mass is 10.1. The van der Waals surface area contributed by atoms with E-state index in [1.54, 1.807) is 55.5 Å². The van der Waals surface area contributed by atoms with Crippen LogP contribution in [-0.4, -0.2) is 23.6 Å². The van der Waals surface area contributed by atoms with Gasteiger partial charge in [-0.3, -0.25) is 25.2 Å². The van der Waals surface area contributed by atoms with Crippen LogP contribution in [0.25, 0.3) is 0 Å². The number of rotatable bonds is 7. The molecule has 0 saturated carbocycles. The van der Waals surface area contributed by atoms with E-state index in [1.807, 2.05) is 0 Å². The van der Waals surface area contributed by atoms with Crippen LogP contribution >= 0.6 is 23.2 Å². The Kier molecular flexibility index (Phi) is 6.81. The number of para-hydroxylation sites is 1. The van der Waals surface area contributed by atoms with Crippen LogP contribution in [0, 0.1) is 0 Å². The summed E-state index contributed by atoms with van der Waals surface area (Å²) in [7, 11) is 0. The zero-order chi connectivity index (χ0) is 21.7. The summed E-state index contributed by atoms with van der Waals surface area (Å²) in [4.78, 5) is 37.1. The molecular weight excluding hydrogens is 429 g/mol. The molecule has 1 aliphatic heterocycles. The molecule has 10 heteroatoms. The lowest BCUT2D eigenvalue weighted by Crippen LogP contribution is -2.38. The maximum atomic E-state index is 12.6. The fourth-order valence-electron chi connectivity index (χ4n) is 2.78. The van der Waals surface area contributed by atoms with Crippen LogP contribution in [0.1, 0.15) is 13.3 Å². The Hall–Kier alpha value is -3.23. The molecule has 0 spiro atoms. The number of carbonyl (C=O) groups is 3. The Morgan fingerprint density at radius 3 is 2.40 bits per heavy atom. The Balaban J connectivity index is 1.57. The van der Waals surface area contributed by atoms with Gasteiger partial charge in [-0.25, -0.2) is 0 Å². The third-order valence-corrected chi connectivity index (χ3v) is 4.89. The van der Waals surface area contributed by atoms with Crippen molar-refractivity contribution in [2.75, 3.05) is 10.9 Å². The van der Waals surface area contributed by atoms with Gasteiger partial charge in [-0.15, -0.1) is 0 Å². The molecule has 1 saturated heterocycles. The molecule has 1 heterocycles. The Labute approximate surface area is 182 Å². The van der Waals surface area contributed by atoms with Gasteiger partial charge in [0, 0.05) is 10.7 Å². The van der Waals surface area contributed by atoms with Gasteiger partial charge >= 0.3 is 0 Å². The van der Waals surface area contributed by atoms with Crippen molar-refractivity contribution < 1.29 is 14.4 Å². The number of ketones is 1. The van der Waals surface area contributed by atoms with Crippen LogP contribution in [0.3, 0.4) is 0 Å².